The summed E-state index contributed by atoms with van der Waals surface area (Å²) in [6, 6.07) is 14.7. The highest BCUT2D eigenvalue weighted by Crippen LogP contribution is 2.51. The molecule has 1 heterocycles. The number of para-hydroxylation sites is 1. The molecule has 1 aliphatic rings. The smallest absolute Gasteiger partial charge is 0.153 e. The number of benzene rings is 2. The monoisotopic (exact) mass is 361 g/mol. The van der Waals surface area contributed by atoms with Crippen LogP contribution >= 0.6 is 0 Å². The molecule has 0 aliphatic heterocycles. The fourth-order valence-electron chi connectivity index (χ4n) is 5.08. The predicted molar refractivity (Wildman–Crippen MR) is 110 cm³/mol. The van der Waals surface area contributed by atoms with Gasteiger partial charge in [0.15, 0.2) is 5.76 Å². The van der Waals surface area contributed by atoms with Gasteiger partial charge in [-0.15, -0.1) is 0 Å². The van der Waals surface area contributed by atoms with Gasteiger partial charge in [0.2, 0.25) is 0 Å². The van der Waals surface area contributed by atoms with Crippen LogP contribution in [0.3, 0.4) is 0 Å². The summed E-state index contributed by atoms with van der Waals surface area (Å²) >= 11 is 0. The van der Waals surface area contributed by atoms with Crippen molar-refractivity contribution in [3.8, 4) is 0 Å². The minimum absolute atomic E-state index is 0.174. The van der Waals surface area contributed by atoms with Crippen LogP contribution in [0.25, 0.3) is 11.0 Å². The van der Waals surface area contributed by atoms with Gasteiger partial charge in [-0.3, -0.25) is 0 Å². The average Bonchev–Trinajstić information content (AvgIpc) is 3.00. The van der Waals surface area contributed by atoms with Crippen LogP contribution in [0.1, 0.15) is 47.8 Å². The second kappa shape index (κ2) is 6.56. The number of aryl methyl sites for hydroxylation is 3. The highest BCUT2D eigenvalue weighted by Gasteiger charge is 2.46. The van der Waals surface area contributed by atoms with Gasteiger partial charge in [0, 0.05) is 11.3 Å². The molecule has 0 N–H and O–H groups in total. The Bertz CT molecular complexity index is 966. The number of nitrogens with zero attached hydrogens (tertiary/aromatic N) is 1. The SMILES string of the molecule is CON=C(c1cc2ccccc2o1)C1CC(C)(c2c(C)cc(C)cc2C)C1. The molecular weight excluding hydrogens is 334 g/mol. The van der Waals surface area contributed by atoms with E-state index in [1.54, 1.807) is 7.11 Å². The van der Waals surface area contributed by atoms with E-state index in [-0.39, 0.29) is 5.41 Å². The van der Waals surface area contributed by atoms with Gasteiger partial charge in [-0.25, -0.2) is 0 Å². The summed E-state index contributed by atoms with van der Waals surface area (Å²) in [6.45, 7) is 9.01. The molecule has 0 bridgehead atoms. The molecule has 0 atom stereocenters. The number of rotatable bonds is 4. The molecule has 3 heteroatoms. The molecule has 1 saturated carbocycles. The number of hydrogen-bond acceptors (Lipinski definition) is 3. The fourth-order valence-corrected chi connectivity index (χ4v) is 5.08. The zero-order valence-electron chi connectivity index (χ0n) is 16.8. The lowest BCUT2D eigenvalue weighted by Crippen LogP contribution is -2.43. The topological polar surface area (TPSA) is 34.7 Å². The predicted octanol–water partition coefficient (Wildman–Crippen LogP) is 6.08. The van der Waals surface area contributed by atoms with Crippen LogP contribution in [-0.4, -0.2) is 12.8 Å². The van der Waals surface area contributed by atoms with Gasteiger partial charge in [0.05, 0.1) is 0 Å². The highest BCUT2D eigenvalue weighted by atomic mass is 16.6. The van der Waals surface area contributed by atoms with Crippen molar-refractivity contribution in [3.05, 3.63) is 70.5 Å². The van der Waals surface area contributed by atoms with Crippen LogP contribution in [0, 0.1) is 26.7 Å². The van der Waals surface area contributed by atoms with E-state index in [1.807, 2.05) is 18.2 Å². The van der Waals surface area contributed by atoms with Crippen molar-refractivity contribution < 1.29 is 9.25 Å². The van der Waals surface area contributed by atoms with Crippen LogP contribution in [0.5, 0.6) is 0 Å². The van der Waals surface area contributed by atoms with Crippen molar-refractivity contribution in [1.29, 1.82) is 0 Å². The van der Waals surface area contributed by atoms with Crippen LogP contribution in [0.15, 0.2) is 52.0 Å². The van der Waals surface area contributed by atoms with Crippen LogP contribution < -0.4 is 0 Å². The maximum atomic E-state index is 6.07. The molecule has 1 aliphatic carbocycles. The Labute approximate surface area is 161 Å². The number of furan rings is 1. The van der Waals surface area contributed by atoms with Crippen LogP contribution in [0.4, 0.5) is 0 Å². The quantitative estimate of drug-likeness (QED) is 0.417. The summed E-state index contributed by atoms with van der Waals surface area (Å²) in [5, 5.41) is 5.45. The van der Waals surface area contributed by atoms with Gasteiger partial charge in [0.25, 0.3) is 0 Å². The largest absolute Gasteiger partial charge is 0.455 e. The number of fused-ring (bicyclic) bond motifs is 1. The zero-order chi connectivity index (χ0) is 19.2. The summed E-state index contributed by atoms with van der Waals surface area (Å²) in [6.07, 6.45) is 2.11. The number of hydrogen-bond donors (Lipinski definition) is 0. The lowest BCUT2D eigenvalue weighted by atomic mass is 9.57. The van der Waals surface area contributed by atoms with Gasteiger partial charge in [-0.2, -0.15) is 0 Å². The minimum atomic E-state index is 0.174. The maximum Gasteiger partial charge on any atom is 0.153 e. The van der Waals surface area contributed by atoms with E-state index in [0.717, 1.165) is 35.3 Å². The lowest BCUT2D eigenvalue weighted by molar-refractivity contribution is 0.186. The standard InChI is InChI=1S/C24H27NO2/c1-15-10-16(2)22(17(3)11-15)24(4)13-19(14-24)23(25-26-5)21-12-18-8-6-7-9-20(18)27-21/h6-12,19H,13-14H2,1-5H3. The van der Waals surface area contributed by atoms with E-state index >= 15 is 0 Å². The Morgan fingerprint density at radius 3 is 2.37 bits per heavy atom. The molecule has 0 unspecified atom stereocenters. The molecule has 4 rings (SSSR count). The second-order valence-electron chi connectivity index (χ2n) is 8.25. The molecule has 3 aromatic rings. The van der Waals surface area contributed by atoms with Crippen molar-refractivity contribution >= 4 is 16.7 Å². The number of oxime groups is 1. The van der Waals surface area contributed by atoms with Gasteiger partial charge in [-0.05, 0) is 67.9 Å². The third kappa shape index (κ3) is 3.05. The fraction of sp³-hybridized carbons (Fsp3) is 0.375. The zero-order valence-corrected chi connectivity index (χ0v) is 16.8. The third-order valence-corrected chi connectivity index (χ3v) is 5.93. The normalized spacial score (nSPS) is 22.7. The van der Waals surface area contributed by atoms with E-state index in [9.17, 15) is 0 Å². The third-order valence-electron chi connectivity index (χ3n) is 5.93. The molecule has 3 nitrogen and oxygen atoms in total. The first-order valence-electron chi connectivity index (χ1n) is 9.59. The van der Waals surface area contributed by atoms with E-state index in [2.05, 4.69) is 57.1 Å². The van der Waals surface area contributed by atoms with Crippen LogP contribution in [0.2, 0.25) is 0 Å². The van der Waals surface area contributed by atoms with Crippen molar-refractivity contribution in [1.82, 2.24) is 0 Å². The summed E-state index contributed by atoms with van der Waals surface area (Å²) in [5.74, 6) is 1.16. The molecule has 140 valence electrons. The molecule has 0 spiro atoms. The molecule has 1 aromatic heterocycles. The molecule has 0 radical (unpaired) electrons. The minimum Gasteiger partial charge on any atom is -0.455 e. The first-order chi connectivity index (χ1) is 12.9. The molecule has 2 aromatic carbocycles. The summed E-state index contributed by atoms with van der Waals surface area (Å²) < 4.78 is 6.07. The Morgan fingerprint density at radius 1 is 1.07 bits per heavy atom. The lowest BCUT2D eigenvalue weighted by Gasteiger charge is -2.47. The van der Waals surface area contributed by atoms with Crippen molar-refractivity contribution in [2.75, 3.05) is 7.11 Å². The van der Waals surface area contributed by atoms with E-state index in [0.29, 0.717) is 5.92 Å². The van der Waals surface area contributed by atoms with Gasteiger partial charge < -0.3 is 9.25 Å². The summed E-state index contributed by atoms with van der Waals surface area (Å²) in [4.78, 5) is 5.18. The Kier molecular flexibility index (Phi) is 4.33. The van der Waals surface area contributed by atoms with Gasteiger partial charge in [-0.1, -0.05) is 48.0 Å². The van der Waals surface area contributed by atoms with Crippen molar-refractivity contribution in [3.63, 3.8) is 0 Å². The average molecular weight is 361 g/mol. The highest BCUT2D eigenvalue weighted by molar-refractivity contribution is 6.03. The molecule has 0 saturated heterocycles. The van der Waals surface area contributed by atoms with Crippen molar-refractivity contribution in [2.45, 2.75) is 46.0 Å². The van der Waals surface area contributed by atoms with Crippen LogP contribution in [-0.2, 0) is 10.3 Å². The Balaban J connectivity index is 1.64. The molecular formula is C24H27NO2. The van der Waals surface area contributed by atoms with E-state index in [1.165, 1.54) is 22.3 Å². The summed E-state index contributed by atoms with van der Waals surface area (Å²) in [5.41, 5.74) is 7.59. The first kappa shape index (κ1) is 17.8. The van der Waals surface area contributed by atoms with Gasteiger partial charge in [0.1, 0.15) is 18.4 Å². The first-order valence-corrected chi connectivity index (χ1v) is 9.59. The molecule has 27 heavy (non-hydrogen) atoms. The second-order valence-corrected chi connectivity index (χ2v) is 8.25. The Hall–Kier alpha value is -2.55. The van der Waals surface area contributed by atoms with Gasteiger partial charge >= 0.3 is 0 Å². The van der Waals surface area contributed by atoms with E-state index < -0.39 is 0 Å². The Morgan fingerprint density at radius 2 is 1.74 bits per heavy atom. The molecule has 1 fully saturated rings. The van der Waals surface area contributed by atoms with Crippen molar-refractivity contribution in [2.24, 2.45) is 11.1 Å². The summed E-state index contributed by atoms with van der Waals surface area (Å²) in [7, 11) is 1.61. The van der Waals surface area contributed by atoms with E-state index in [4.69, 9.17) is 9.25 Å². The molecule has 0 amide bonds. The maximum absolute atomic E-state index is 6.07.